The van der Waals surface area contributed by atoms with Gasteiger partial charge in [-0.2, -0.15) is 0 Å². The summed E-state index contributed by atoms with van der Waals surface area (Å²) < 4.78 is 13.6. The van der Waals surface area contributed by atoms with Crippen molar-refractivity contribution in [2.45, 2.75) is 19.3 Å². The van der Waals surface area contributed by atoms with Gasteiger partial charge in [0.25, 0.3) is 11.8 Å². The van der Waals surface area contributed by atoms with E-state index in [1.807, 2.05) is 53.4 Å². The topological polar surface area (TPSA) is 40.6 Å². The van der Waals surface area contributed by atoms with Gasteiger partial charge in [-0.05, 0) is 54.2 Å². The summed E-state index contributed by atoms with van der Waals surface area (Å²) in [6, 6.07) is 23.6. The van der Waals surface area contributed by atoms with Crippen LogP contribution in [0.1, 0.15) is 23.1 Å². The molecule has 0 saturated carbocycles. The molecule has 0 aliphatic carbocycles. The highest BCUT2D eigenvalue weighted by Gasteiger charge is 2.42. The Morgan fingerprint density at radius 1 is 0.812 bits per heavy atom. The van der Waals surface area contributed by atoms with Crippen molar-refractivity contribution < 1.29 is 14.0 Å². The van der Waals surface area contributed by atoms with E-state index in [0.29, 0.717) is 36.3 Å². The first kappa shape index (κ1) is 20.2. The summed E-state index contributed by atoms with van der Waals surface area (Å²) in [6.45, 7) is 0.952. The Labute approximate surface area is 186 Å². The Bertz CT molecular complexity index is 1200. The molecule has 0 saturated heterocycles. The molecule has 0 atom stereocenters. The fourth-order valence-corrected chi connectivity index (χ4v) is 4.54. The minimum Gasteiger partial charge on any atom is -0.336 e. The number of carbonyl (C=O) groups excluding carboxylic acids is 2. The lowest BCUT2D eigenvalue weighted by Crippen LogP contribution is -2.38. The molecule has 0 N–H and O–H groups in total. The van der Waals surface area contributed by atoms with Crippen molar-refractivity contribution in [3.63, 3.8) is 0 Å². The largest absolute Gasteiger partial charge is 0.336 e. The van der Waals surface area contributed by atoms with Gasteiger partial charge in [0.2, 0.25) is 0 Å². The number of benzene rings is 3. The fourth-order valence-electron chi connectivity index (χ4n) is 4.54. The predicted octanol–water partition coefficient (Wildman–Crippen LogP) is 4.60. The van der Waals surface area contributed by atoms with Gasteiger partial charge in [-0.15, -0.1) is 0 Å². The molecule has 0 bridgehead atoms. The minimum absolute atomic E-state index is 0.290. The van der Waals surface area contributed by atoms with E-state index >= 15 is 0 Å². The molecule has 4 nitrogen and oxygen atoms in total. The molecular weight excluding hydrogens is 403 g/mol. The molecule has 2 amide bonds. The van der Waals surface area contributed by atoms with Gasteiger partial charge in [0.05, 0.1) is 5.57 Å². The van der Waals surface area contributed by atoms with Crippen molar-refractivity contribution in [3.8, 4) is 0 Å². The zero-order valence-corrected chi connectivity index (χ0v) is 17.6. The van der Waals surface area contributed by atoms with Crippen LogP contribution in [-0.2, 0) is 22.4 Å². The molecule has 2 heterocycles. The molecule has 32 heavy (non-hydrogen) atoms. The maximum atomic E-state index is 13.6. The molecule has 3 aromatic rings. The minimum atomic E-state index is -0.378. The van der Waals surface area contributed by atoms with Crippen LogP contribution in [0.4, 0.5) is 10.1 Å². The Hall–Kier alpha value is -3.73. The summed E-state index contributed by atoms with van der Waals surface area (Å²) in [7, 11) is 0. The second-order valence-corrected chi connectivity index (χ2v) is 8.11. The van der Waals surface area contributed by atoms with Crippen molar-refractivity contribution in [2.24, 2.45) is 0 Å². The third kappa shape index (κ3) is 3.60. The Balaban J connectivity index is 1.56. The maximum absolute atomic E-state index is 13.6. The van der Waals surface area contributed by atoms with Gasteiger partial charge in [0, 0.05) is 18.8 Å². The van der Waals surface area contributed by atoms with Crippen LogP contribution < -0.4 is 4.90 Å². The summed E-state index contributed by atoms with van der Waals surface area (Å²) in [5.41, 5.74) is 4.48. The van der Waals surface area contributed by atoms with Gasteiger partial charge in [-0.3, -0.25) is 14.5 Å². The molecule has 5 rings (SSSR count). The summed E-state index contributed by atoms with van der Waals surface area (Å²) in [5.74, 6) is -0.991. The van der Waals surface area contributed by atoms with E-state index in [-0.39, 0.29) is 17.6 Å². The normalized spacial score (nSPS) is 16.0. The van der Waals surface area contributed by atoms with Crippen LogP contribution in [-0.4, -0.2) is 29.8 Å². The molecule has 0 aromatic heterocycles. The van der Waals surface area contributed by atoms with Gasteiger partial charge in [-0.25, -0.2) is 4.39 Å². The van der Waals surface area contributed by atoms with Gasteiger partial charge in [-0.1, -0.05) is 60.7 Å². The zero-order chi connectivity index (χ0) is 22.1. The molecule has 0 unspecified atom stereocenters. The second-order valence-electron chi connectivity index (χ2n) is 8.11. The number of imide groups is 1. The summed E-state index contributed by atoms with van der Waals surface area (Å²) >= 11 is 0. The standard InChI is InChI=1S/C27H23FN2O2/c28-22-14-12-21(13-15-22)24-25(29-17-6-10-20-9-4-5-11-23(20)29)27(32)30(26(24)31)18-16-19-7-2-1-3-8-19/h1-5,7-9,11-15H,6,10,16-18H2. The number of amides is 2. The average molecular weight is 426 g/mol. The molecule has 160 valence electrons. The first-order chi connectivity index (χ1) is 15.6. The molecule has 5 heteroatoms. The highest BCUT2D eigenvalue weighted by molar-refractivity contribution is 6.36. The number of carbonyl (C=O) groups is 2. The highest BCUT2D eigenvalue weighted by Crippen LogP contribution is 2.37. The first-order valence-corrected chi connectivity index (χ1v) is 10.9. The van der Waals surface area contributed by atoms with Crippen LogP contribution in [0, 0.1) is 5.82 Å². The second kappa shape index (κ2) is 8.42. The number of nitrogens with zero attached hydrogens (tertiary/aromatic N) is 2. The van der Waals surface area contributed by atoms with Gasteiger partial charge in [0.15, 0.2) is 0 Å². The van der Waals surface area contributed by atoms with E-state index in [9.17, 15) is 14.0 Å². The number of rotatable bonds is 5. The Kier molecular flexibility index (Phi) is 5.31. The van der Waals surface area contributed by atoms with Crippen LogP contribution >= 0.6 is 0 Å². The quantitative estimate of drug-likeness (QED) is 0.560. The van der Waals surface area contributed by atoms with E-state index in [2.05, 4.69) is 6.07 Å². The number of hydrogen-bond donors (Lipinski definition) is 0. The van der Waals surface area contributed by atoms with Crippen molar-refractivity contribution in [2.75, 3.05) is 18.0 Å². The average Bonchev–Trinajstić information content (AvgIpc) is 3.08. The lowest BCUT2D eigenvalue weighted by molar-refractivity contribution is -0.136. The number of anilines is 1. The number of halogens is 1. The number of aryl methyl sites for hydroxylation is 1. The molecule has 2 aliphatic heterocycles. The number of fused-ring (bicyclic) bond motifs is 1. The Morgan fingerprint density at radius 3 is 2.31 bits per heavy atom. The summed E-state index contributed by atoms with van der Waals surface area (Å²) in [5, 5.41) is 0. The van der Waals surface area contributed by atoms with Crippen molar-refractivity contribution in [1.82, 2.24) is 4.90 Å². The number of hydrogen-bond acceptors (Lipinski definition) is 3. The van der Waals surface area contributed by atoms with Crippen LogP contribution in [0.25, 0.3) is 5.57 Å². The summed E-state index contributed by atoms with van der Waals surface area (Å²) in [6.07, 6.45) is 2.41. The van der Waals surface area contributed by atoms with Crippen molar-refractivity contribution in [3.05, 3.63) is 107 Å². The van der Waals surface area contributed by atoms with Gasteiger partial charge in [0.1, 0.15) is 11.5 Å². The van der Waals surface area contributed by atoms with Crippen LogP contribution in [0.3, 0.4) is 0 Å². The van der Waals surface area contributed by atoms with Crippen molar-refractivity contribution >= 4 is 23.1 Å². The molecular formula is C27H23FN2O2. The lowest BCUT2D eigenvalue weighted by Gasteiger charge is -2.32. The van der Waals surface area contributed by atoms with Gasteiger partial charge < -0.3 is 4.90 Å². The molecule has 0 spiro atoms. The van der Waals surface area contributed by atoms with E-state index in [4.69, 9.17) is 0 Å². The maximum Gasteiger partial charge on any atom is 0.278 e. The smallest absolute Gasteiger partial charge is 0.278 e. The van der Waals surface area contributed by atoms with Gasteiger partial charge >= 0.3 is 0 Å². The highest BCUT2D eigenvalue weighted by atomic mass is 19.1. The van der Waals surface area contributed by atoms with Crippen LogP contribution in [0.2, 0.25) is 0 Å². The fraction of sp³-hybridized carbons (Fsp3) is 0.185. The van der Waals surface area contributed by atoms with Crippen LogP contribution in [0.15, 0.2) is 84.6 Å². The third-order valence-electron chi connectivity index (χ3n) is 6.12. The monoisotopic (exact) mass is 426 g/mol. The molecule has 3 aromatic carbocycles. The molecule has 0 fully saturated rings. The van der Waals surface area contributed by atoms with E-state index in [0.717, 1.165) is 29.7 Å². The third-order valence-corrected chi connectivity index (χ3v) is 6.12. The van der Waals surface area contributed by atoms with E-state index in [1.54, 1.807) is 12.1 Å². The predicted molar refractivity (Wildman–Crippen MR) is 122 cm³/mol. The summed E-state index contributed by atoms with van der Waals surface area (Å²) in [4.78, 5) is 30.4. The lowest BCUT2D eigenvalue weighted by atomic mass is 9.98. The van der Waals surface area contributed by atoms with Crippen LogP contribution in [0.5, 0.6) is 0 Å². The van der Waals surface area contributed by atoms with Crippen molar-refractivity contribution in [1.29, 1.82) is 0 Å². The molecule has 2 aliphatic rings. The first-order valence-electron chi connectivity index (χ1n) is 10.9. The van der Waals surface area contributed by atoms with E-state index in [1.165, 1.54) is 17.0 Å². The van der Waals surface area contributed by atoms with E-state index < -0.39 is 0 Å². The Morgan fingerprint density at radius 2 is 1.53 bits per heavy atom. The number of para-hydroxylation sites is 1. The molecule has 0 radical (unpaired) electrons. The SMILES string of the molecule is O=C1C(c2ccc(F)cc2)=C(N2CCCc3ccccc32)C(=O)N1CCc1ccccc1. The zero-order valence-electron chi connectivity index (χ0n) is 17.6.